The summed E-state index contributed by atoms with van der Waals surface area (Å²) in [5.74, 6) is 0. The van der Waals surface area contributed by atoms with Crippen LogP contribution in [0.15, 0.2) is 30.3 Å². The first-order valence-corrected chi connectivity index (χ1v) is 6.89. The van der Waals surface area contributed by atoms with Crippen LogP contribution in [0.25, 0.3) is 0 Å². The van der Waals surface area contributed by atoms with Gasteiger partial charge >= 0.3 is 0 Å². The van der Waals surface area contributed by atoms with E-state index in [-0.39, 0.29) is 0 Å². The zero-order valence-electron chi connectivity index (χ0n) is 13.2. The number of rotatable bonds is 4. The van der Waals surface area contributed by atoms with Crippen molar-refractivity contribution >= 4 is 0 Å². The number of nitrogens with one attached hydrogen (secondary N) is 1. The second-order valence-electron chi connectivity index (χ2n) is 4.29. The molecule has 0 fully saturated rings. The van der Waals surface area contributed by atoms with Gasteiger partial charge in [0.25, 0.3) is 0 Å². The third-order valence-electron chi connectivity index (χ3n) is 2.00. The highest BCUT2D eigenvalue weighted by Gasteiger charge is 1.93. The van der Waals surface area contributed by atoms with Gasteiger partial charge in [0.05, 0.1) is 12.7 Å². The van der Waals surface area contributed by atoms with E-state index < -0.39 is 0 Å². The van der Waals surface area contributed by atoms with Gasteiger partial charge in [-0.1, -0.05) is 58.0 Å². The molecule has 0 saturated carbocycles. The maximum Gasteiger partial charge on any atom is 0.0720 e. The molecule has 0 aliphatic heterocycles. The first-order valence-electron chi connectivity index (χ1n) is 6.89. The van der Waals surface area contributed by atoms with Crippen molar-refractivity contribution in [3.63, 3.8) is 0 Å². The highest BCUT2D eigenvalue weighted by atomic mass is 16.5. The van der Waals surface area contributed by atoms with Crippen molar-refractivity contribution in [2.45, 2.75) is 60.3 Å². The lowest BCUT2D eigenvalue weighted by Crippen LogP contribution is -2.15. The SMILES string of the molecule is CC.CC(C)OCc1ccccc1.CNC(C)C. The predicted octanol–water partition coefficient (Wildman–Crippen LogP) is 4.25. The smallest absolute Gasteiger partial charge is 0.0720 e. The van der Waals surface area contributed by atoms with E-state index in [4.69, 9.17) is 4.74 Å². The minimum atomic E-state index is 0.315. The van der Waals surface area contributed by atoms with Crippen LogP contribution in [0, 0.1) is 0 Å². The molecule has 0 bridgehead atoms. The molecule has 1 N–H and O–H groups in total. The van der Waals surface area contributed by atoms with Gasteiger partial charge in [0, 0.05) is 6.04 Å². The van der Waals surface area contributed by atoms with Crippen LogP contribution in [0.4, 0.5) is 0 Å². The summed E-state index contributed by atoms with van der Waals surface area (Å²) in [6.45, 7) is 13.0. The Morgan fingerprint density at radius 2 is 1.44 bits per heavy atom. The largest absolute Gasteiger partial charge is 0.374 e. The van der Waals surface area contributed by atoms with Crippen molar-refractivity contribution in [2.75, 3.05) is 7.05 Å². The standard InChI is InChI=1S/C10H14O.C4H11N.C2H6/c1-9(2)11-8-10-6-4-3-5-7-10;1-4(2)5-3;1-2/h3-7,9H,8H2,1-2H3;4-5H,1-3H3;1-2H3. The van der Waals surface area contributed by atoms with Crippen molar-refractivity contribution in [2.24, 2.45) is 0 Å². The van der Waals surface area contributed by atoms with E-state index in [0.717, 1.165) is 6.61 Å². The predicted molar refractivity (Wildman–Crippen MR) is 81.9 cm³/mol. The van der Waals surface area contributed by atoms with Gasteiger partial charge in [-0.25, -0.2) is 0 Å². The van der Waals surface area contributed by atoms with E-state index in [2.05, 4.69) is 31.3 Å². The van der Waals surface area contributed by atoms with E-state index in [1.807, 2.05) is 52.9 Å². The molecular weight excluding hydrogens is 222 g/mol. The lowest BCUT2D eigenvalue weighted by Gasteiger charge is -2.06. The monoisotopic (exact) mass is 253 g/mol. The van der Waals surface area contributed by atoms with E-state index in [0.29, 0.717) is 12.1 Å². The van der Waals surface area contributed by atoms with Gasteiger partial charge in [0.1, 0.15) is 0 Å². The molecular formula is C16H31NO. The van der Waals surface area contributed by atoms with Gasteiger partial charge in [-0.3, -0.25) is 0 Å². The molecule has 0 radical (unpaired) electrons. The Morgan fingerprint density at radius 1 is 1.00 bits per heavy atom. The molecule has 2 heteroatoms. The summed E-state index contributed by atoms with van der Waals surface area (Å²) in [4.78, 5) is 0. The van der Waals surface area contributed by atoms with Crippen LogP contribution < -0.4 is 5.32 Å². The fourth-order valence-electron chi connectivity index (χ4n) is 0.837. The highest BCUT2D eigenvalue weighted by Crippen LogP contribution is 2.02. The summed E-state index contributed by atoms with van der Waals surface area (Å²) in [6, 6.07) is 10.8. The third kappa shape index (κ3) is 15.1. The second kappa shape index (κ2) is 14.2. The van der Waals surface area contributed by atoms with Gasteiger partial charge in [-0.15, -0.1) is 0 Å². The Morgan fingerprint density at radius 3 is 1.78 bits per heavy atom. The summed E-state index contributed by atoms with van der Waals surface area (Å²) >= 11 is 0. The van der Waals surface area contributed by atoms with Crippen LogP contribution in [0.5, 0.6) is 0 Å². The summed E-state index contributed by atoms with van der Waals surface area (Å²) in [6.07, 6.45) is 0.315. The minimum Gasteiger partial charge on any atom is -0.374 e. The lowest BCUT2D eigenvalue weighted by atomic mass is 10.2. The zero-order valence-corrected chi connectivity index (χ0v) is 13.2. The van der Waals surface area contributed by atoms with Crippen LogP contribution in [0.2, 0.25) is 0 Å². The number of hydrogen-bond acceptors (Lipinski definition) is 2. The van der Waals surface area contributed by atoms with Crippen molar-refractivity contribution in [3.05, 3.63) is 35.9 Å². The third-order valence-corrected chi connectivity index (χ3v) is 2.00. The van der Waals surface area contributed by atoms with Crippen LogP contribution >= 0.6 is 0 Å². The molecule has 0 aliphatic rings. The minimum absolute atomic E-state index is 0.315. The molecule has 1 aromatic rings. The molecule has 0 amide bonds. The fraction of sp³-hybridized carbons (Fsp3) is 0.625. The average Bonchev–Trinajstić information content (AvgIpc) is 2.40. The molecule has 18 heavy (non-hydrogen) atoms. The van der Waals surface area contributed by atoms with Gasteiger partial charge in [0.2, 0.25) is 0 Å². The quantitative estimate of drug-likeness (QED) is 0.866. The van der Waals surface area contributed by atoms with E-state index in [1.165, 1.54) is 5.56 Å². The molecule has 0 spiro atoms. The number of ether oxygens (including phenoxy) is 1. The first kappa shape index (κ1) is 19.5. The normalized spacial score (nSPS) is 9.39. The molecule has 1 rings (SSSR count). The molecule has 0 heterocycles. The molecule has 0 atom stereocenters. The van der Waals surface area contributed by atoms with Crippen LogP contribution in [0.3, 0.4) is 0 Å². The molecule has 106 valence electrons. The Balaban J connectivity index is 0. The average molecular weight is 253 g/mol. The van der Waals surface area contributed by atoms with Crippen molar-refractivity contribution in [3.8, 4) is 0 Å². The van der Waals surface area contributed by atoms with Gasteiger partial charge in [-0.2, -0.15) is 0 Å². The van der Waals surface area contributed by atoms with Crippen molar-refractivity contribution in [1.82, 2.24) is 5.32 Å². The maximum atomic E-state index is 5.43. The Bertz CT molecular complexity index is 245. The Hall–Kier alpha value is -0.860. The van der Waals surface area contributed by atoms with Crippen LogP contribution in [-0.4, -0.2) is 19.2 Å². The van der Waals surface area contributed by atoms with Crippen molar-refractivity contribution < 1.29 is 4.74 Å². The zero-order chi connectivity index (χ0) is 14.4. The summed E-state index contributed by atoms with van der Waals surface area (Å²) in [5.41, 5.74) is 1.24. The molecule has 0 saturated heterocycles. The van der Waals surface area contributed by atoms with Gasteiger partial charge < -0.3 is 10.1 Å². The lowest BCUT2D eigenvalue weighted by molar-refractivity contribution is 0.0657. The molecule has 1 aromatic carbocycles. The van der Waals surface area contributed by atoms with Crippen molar-refractivity contribution in [1.29, 1.82) is 0 Å². The van der Waals surface area contributed by atoms with Gasteiger partial charge in [-0.05, 0) is 26.5 Å². The topological polar surface area (TPSA) is 21.3 Å². The summed E-state index contributed by atoms with van der Waals surface area (Å²) < 4.78 is 5.43. The van der Waals surface area contributed by atoms with E-state index in [9.17, 15) is 0 Å². The van der Waals surface area contributed by atoms with E-state index in [1.54, 1.807) is 0 Å². The summed E-state index contributed by atoms with van der Waals surface area (Å²) in [7, 11) is 1.95. The maximum absolute atomic E-state index is 5.43. The van der Waals surface area contributed by atoms with Crippen LogP contribution in [-0.2, 0) is 11.3 Å². The molecule has 0 aromatic heterocycles. The molecule has 2 nitrogen and oxygen atoms in total. The fourth-order valence-corrected chi connectivity index (χ4v) is 0.837. The highest BCUT2D eigenvalue weighted by molar-refractivity contribution is 5.13. The first-order chi connectivity index (χ1) is 8.56. The molecule has 0 aliphatic carbocycles. The Kier molecular flexibility index (Phi) is 15.4. The Labute approximate surface area is 114 Å². The number of hydrogen-bond donors (Lipinski definition) is 1. The van der Waals surface area contributed by atoms with E-state index >= 15 is 0 Å². The summed E-state index contributed by atoms with van der Waals surface area (Å²) in [5, 5.41) is 3.03. The molecule has 0 unspecified atom stereocenters. The number of benzene rings is 1. The van der Waals surface area contributed by atoms with Crippen LogP contribution in [0.1, 0.15) is 47.1 Å². The van der Waals surface area contributed by atoms with Gasteiger partial charge in [0.15, 0.2) is 0 Å². The second-order valence-corrected chi connectivity index (χ2v) is 4.29.